The van der Waals surface area contributed by atoms with Crippen LogP contribution < -0.4 is 0 Å². The Morgan fingerprint density at radius 3 is 2.50 bits per heavy atom. The molecule has 110 valence electrons. The molecular weight excluding hydrogens is 271 g/mol. The molecule has 2 unspecified atom stereocenters. The first-order valence-electron chi connectivity index (χ1n) is 7.26. The van der Waals surface area contributed by atoms with Gasteiger partial charge >= 0.3 is 5.97 Å². The number of carbonyl (C=O) groups excluding carboxylic acids is 1. The number of carbonyl (C=O) groups is 1. The first-order valence-corrected chi connectivity index (χ1v) is 8.15. The first kappa shape index (κ1) is 16.8. The van der Waals surface area contributed by atoms with E-state index < -0.39 is 11.6 Å². The van der Waals surface area contributed by atoms with E-state index in [1.807, 2.05) is 18.2 Å². The Hall–Kier alpha value is -1.21. The number of rotatable bonds is 9. The lowest BCUT2D eigenvalue weighted by atomic mass is 10.0. The third-order valence-electron chi connectivity index (χ3n) is 3.45. The summed E-state index contributed by atoms with van der Waals surface area (Å²) in [6, 6.07) is 9.12. The number of benzene rings is 1. The van der Waals surface area contributed by atoms with Crippen molar-refractivity contribution in [1.82, 2.24) is 0 Å². The molecule has 0 aliphatic carbocycles. The van der Waals surface area contributed by atoms with Crippen LogP contribution in [0.2, 0.25) is 0 Å². The summed E-state index contributed by atoms with van der Waals surface area (Å²) in [5.74, 6) is 0.00135. The van der Waals surface area contributed by atoms with Crippen LogP contribution in [0.25, 0.3) is 0 Å². The van der Waals surface area contributed by atoms with Gasteiger partial charge in [-0.2, -0.15) is 0 Å². The van der Waals surface area contributed by atoms with Crippen molar-refractivity contribution in [3.8, 4) is 0 Å². The molecule has 0 fully saturated rings. The average Bonchev–Trinajstić information content (AvgIpc) is 2.49. The molecule has 3 nitrogen and oxygen atoms in total. The van der Waals surface area contributed by atoms with Crippen molar-refractivity contribution in [2.45, 2.75) is 45.2 Å². The molecule has 0 aromatic heterocycles. The quantitative estimate of drug-likeness (QED) is 0.486. The summed E-state index contributed by atoms with van der Waals surface area (Å²) in [4.78, 5) is 12.0. The molecule has 0 spiro atoms. The molecule has 0 amide bonds. The zero-order valence-electron chi connectivity index (χ0n) is 12.2. The summed E-state index contributed by atoms with van der Waals surface area (Å²) < 4.78 is 16.6. The van der Waals surface area contributed by atoms with Gasteiger partial charge in [-0.1, -0.05) is 63.4 Å². The predicted molar refractivity (Wildman–Crippen MR) is 81.1 cm³/mol. The number of hydrogen-bond acceptors (Lipinski definition) is 3. The Morgan fingerprint density at radius 1 is 1.25 bits per heavy atom. The van der Waals surface area contributed by atoms with Gasteiger partial charge in [0, 0.05) is 0 Å². The molecule has 0 heterocycles. The van der Waals surface area contributed by atoms with Gasteiger partial charge in [-0.25, -0.2) is 0 Å². The molecule has 0 bridgehead atoms. The number of ether oxygens (including phenoxy) is 1. The standard InChI is InChI=1S/C16H23O3P/c1-3-5-9-13(4-2)12-19-16(17)15(20-18)14-10-7-6-8-11-14/h6-8,10-11,13,15H,3-5,9,12H2,1-2H3. The van der Waals surface area contributed by atoms with Gasteiger partial charge in [-0.3, -0.25) is 9.36 Å². The highest BCUT2D eigenvalue weighted by molar-refractivity contribution is 7.25. The Kier molecular flexibility index (Phi) is 8.13. The van der Waals surface area contributed by atoms with Crippen LogP contribution in [0, 0.1) is 5.92 Å². The first-order chi connectivity index (χ1) is 9.72. The van der Waals surface area contributed by atoms with Crippen molar-refractivity contribution >= 4 is 14.4 Å². The number of esters is 1. The summed E-state index contributed by atoms with van der Waals surface area (Å²) in [6.07, 6.45) is 4.37. The van der Waals surface area contributed by atoms with E-state index >= 15 is 0 Å². The normalized spacial score (nSPS) is 13.9. The Labute approximate surface area is 122 Å². The van der Waals surface area contributed by atoms with E-state index in [9.17, 15) is 9.36 Å². The van der Waals surface area contributed by atoms with Gasteiger partial charge in [0.2, 0.25) is 0 Å². The van der Waals surface area contributed by atoms with E-state index in [4.69, 9.17) is 4.74 Å². The van der Waals surface area contributed by atoms with Crippen LogP contribution in [0.3, 0.4) is 0 Å². The lowest BCUT2D eigenvalue weighted by molar-refractivity contribution is -0.144. The minimum Gasteiger partial charge on any atom is -0.464 e. The smallest absolute Gasteiger partial charge is 0.325 e. The second-order valence-corrected chi connectivity index (χ2v) is 5.69. The van der Waals surface area contributed by atoms with Gasteiger partial charge in [-0.15, -0.1) is 0 Å². The lowest BCUT2D eigenvalue weighted by Gasteiger charge is -2.16. The summed E-state index contributed by atoms with van der Waals surface area (Å²) in [6.45, 7) is 4.68. The maximum absolute atomic E-state index is 12.0. The average molecular weight is 294 g/mol. The van der Waals surface area contributed by atoms with E-state index in [1.165, 1.54) is 0 Å². The van der Waals surface area contributed by atoms with Gasteiger partial charge in [0.25, 0.3) is 0 Å². The summed E-state index contributed by atoms with van der Waals surface area (Å²) in [7, 11) is -0.215. The van der Waals surface area contributed by atoms with Gasteiger partial charge < -0.3 is 4.74 Å². The molecule has 1 aromatic rings. The fraction of sp³-hybridized carbons (Fsp3) is 0.562. The number of hydrogen-bond donors (Lipinski definition) is 0. The second-order valence-electron chi connectivity index (χ2n) is 4.97. The van der Waals surface area contributed by atoms with E-state index in [-0.39, 0.29) is 8.46 Å². The maximum Gasteiger partial charge on any atom is 0.325 e. The minimum atomic E-state index is -0.708. The zero-order chi connectivity index (χ0) is 14.8. The SMILES string of the molecule is CCCCC(CC)COC(=O)C(P=O)c1ccccc1. The highest BCUT2D eigenvalue weighted by atomic mass is 31.1. The fourth-order valence-corrected chi connectivity index (χ4v) is 2.51. The fourth-order valence-electron chi connectivity index (χ4n) is 2.05. The van der Waals surface area contributed by atoms with Crippen molar-refractivity contribution < 1.29 is 14.1 Å². The highest BCUT2D eigenvalue weighted by Gasteiger charge is 2.23. The zero-order valence-corrected chi connectivity index (χ0v) is 13.1. The molecule has 0 radical (unpaired) electrons. The maximum atomic E-state index is 12.0. The molecule has 0 saturated carbocycles. The molecule has 2 atom stereocenters. The van der Waals surface area contributed by atoms with Crippen molar-refractivity contribution in [1.29, 1.82) is 0 Å². The third-order valence-corrected chi connectivity index (χ3v) is 4.17. The van der Waals surface area contributed by atoms with Crippen LogP contribution in [0.15, 0.2) is 30.3 Å². The van der Waals surface area contributed by atoms with E-state index in [1.54, 1.807) is 12.1 Å². The van der Waals surface area contributed by atoms with Crippen LogP contribution in [-0.4, -0.2) is 12.6 Å². The van der Waals surface area contributed by atoms with E-state index in [2.05, 4.69) is 13.8 Å². The summed E-state index contributed by atoms with van der Waals surface area (Å²) in [5.41, 5.74) is 0.0238. The monoisotopic (exact) mass is 294 g/mol. The molecule has 0 saturated heterocycles. The van der Waals surface area contributed by atoms with Crippen molar-refractivity contribution in [3.63, 3.8) is 0 Å². The van der Waals surface area contributed by atoms with Gasteiger partial charge in [0.15, 0.2) is 14.1 Å². The Bertz CT molecular complexity index is 405. The van der Waals surface area contributed by atoms with Gasteiger partial charge in [0.05, 0.1) is 6.61 Å². The topological polar surface area (TPSA) is 43.4 Å². The van der Waals surface area contributed by atoms with Crippen LogP contribution in [-0.2, 0) is 14.1 Å². The Morgan fingerprint density at radius 2 is 1.95 bits per heavy atom. The molecule has 1 rings (SSSR count). The summed E-state index contributed by atoms with van der Waals surface area (Å²) >= 11 is 0. The molecular formula is C16H23O3P. The third kappa shape index (κ3) is 5.42. The largest absolute Gasteiger partial charge is 0.464 e. The predicted octanol–water partition coefficient (Wildman–Crippen LogP) is 4.78. The van der Waals surface area contributed by atoms with Gasteiger partial charge in [0.1, 0.15) is 0 Å². The molecule has 0 N–H and O–H groups in total. The van der Waals surface area contributed by atoms with E-state index in [0.717, 1.165) is 31.2 Å². The highest BCUT2D eigenvalue weighted by Crippen LogP contribution is 2.28. The Balaban J connectivity index is 2.53. The van der Waals surface area contributed by atoms with Crippen molar-refractivity contribution in [2.75, 3.05) is 6.61 Å². The second kappa shape index (κ2) is 9.66. The molecule has 0 aliphatic rings. The van der Waals surface area contributed by atoms with Crippen LogP contribution in [0.5, 0.6) is 0 Å². The van der Waals surface area contributed by atoms with Crippen LogP contribution in [0.4, 0.5) is 0 Å². The molecule has 1 aromatic carbocycles. The van der Waals surface area contributed by atoms with Crippen LogP contribution in [0.1, 0.15) is 50.8 Å². The van der Waals surface area contributed by atoms with E-state index in [0.29, 0.717) is 12.5 Å². The molecule has 20 heavy (non-hydrogen) atoms. The van der Waals surface area contributed by atoms with Gasteiger partial charge in [-0.05, 0) is 17.9 Å². The van der Waals surface area contributed by atoms with Crippen molar-refractivity contribution in [2.24, 2.45) is 5.92 Å². The van der Waals surface area contributed by atoms with Crippen LogP contribution >= 0.6 is 8.46 Å². The molecule has 4 heteroatoms. The number of unbranched alkanes of at least 4 members (excludes halogenated alkanes) is 1. The summed E-state index contributed by atoms with van der Waals surface area (Å²) in [5, 5.41) is 0. The minimum absolute atomic E-state index is 0.215. The lowest BCUT2D eigenvalue weighted by Crippen LogP contribution is -2.17. The van der Waals surface area contributed by atoms with Crippen molar-refractivity contribution in [3.05, 3.63) is 35.9 Å². The molecule has 0 aliphatic heterocycles.